The first-order valence-corrected chi connectivity index (χ1v) is 7.72. The lowest BCUT2D eigenvalue weighted by Crippen LogP contribution is -2.43. The number of nitrogens with one attached hydrogen (secondary N) is 1. The first kappa shape index (κ1) is 16.0. The lowest BCUT2D eigenvalue weighted by Gasteiger charge is -2.28. The van der Waals surface area contributed by atoms with Crippen LogP contribution in [-0.2, 0) is 7.05 Å². The van der Waals surface area contributed by atoms with Gasteiger partial charge < -0.3 is 14.8 Å². The van der Waals surface area contributed by atoms with E-state index >= 15 is 0 Å². The average molecular weight is 288 g/mol. The third kappa shape index (κ3) is 3.63. The van der Waals surface area contributed by atoms with Crippen molar-refractivity contribution in [2.45, 2.75) is 32.9 Å². The Kier molecular flexibility index (Phi) is 5.01. The highest BCUT2D eigenvalue weighted by atomic mass is 15.1. The summed E-state index contributed by atoms with van der Waals surface area (Å²) in [4.78, 5) is 7.03. The van der Waals surface area contributed by atoms with E-state index in [0.29, 0.717) is 12.0 Å². The van der Waals surface area contributed by atoms with E-state index in [2.05, 4.69) is 74.9 Å². The fourth-order valence-electron chi connectivity index (χ4n) is 2.80. The van der Waals surface area contributed by atoms with E-state index in [9.17, 15) is 0 Å². The van der Waals surface area contributed by atoms with Gasteiger partial charge in [0.2, 0.25) is 0 Å². The minimum absolute atomic E-state index is 0.231. The van der Waals surface area contributed by atoms with Crippen LogP contribution < -0.4 is 5.32 Å². The molecule has 2 rings (SSSR count). The maximum Gasteiger partial charge on any atom is 0.126 e. The number of para-hydroxylation sites is 2. The van der Waals surface area contributed by atoms with Crippen molar-refractivity contribution in [3.8, 4) is 0 Å². The first-order chi connectivity index (χ1) is 9.90. The lowest BCUT2D eigenvalue weighted by atomic mass is 10.0. The first-order valence-electron chi connectivity index (χ1n) is 7.72. The van der Waals surface area contributed by atoms with Gasteiger partial charge in [0, 0.05) is 19.6 Å². The maximum atomic E-state index is 4.79. The topological polar surface area (TPSA) is 33.1 Å². The summed E-state index contributed by atoms with van der Waals surface area (Å²) >= 11 is 0. The summed E-state index contributed by atoms with van der Waals surface area (Å²) in [6.45, 7) is 7.77. The predicted molar refractivity (Wildman–Crippen MR) is 89.4 cm³/mol. The molecule has 0 spiro atoms. The molecule has 21 heavy (non-hydrogen) atoms. The van der Waals surface area contributed by atoms with Crippen molar-refractivity contribution in [1.29, 1.82) is 0 Å². The van der Waals surface area contributed by atoms with Gasteiger partial charge in [-0.05, 0) is 39.1 Å². The third-order valence-corrected chi connectivity index (χ3v) is 4.04. The summed E-state index contributed by atoms with van der Waals surface area (Å²) in [5, 5.41) is 3.74. The fourth-order valence-corrected chi connectivity index (χ4v) is 2.80. The van der Waals surface area contributed by atoms with Gasteiger partial charge >= 0.3 is 0 Å². The Morgan fingerprint density at radius 1 is 1.19 bits per heavy atom. The van der Waals surface area contributed by atoms with Crippen molar-refractivity contribution in [2.75, 3.05) is 20.6 Å². The van der Waals surface area contributed by atoms with Gasteiger partial charge in [-0.3, -0.25) is 0 Å². The summed E-state index contributed by atoms with van der Waals surface area (Å²) in [5.74, 6) is 1.69. The molecule has 1 aromatic heterocycles. The standard InChI is InChI=1S/C17H28N4/c1-12(2)15(11-20(4)5)18-13(3)17-19-14-9-7-8-10-16(14)21(17)6/h7-10,12-13,15,18H,11H2,1-6H3. The average Bonchev–Trinajstić information content (AvgIpc) is 2.75. The molecule has 4 nitrogen and oxygen atoms in total. The molecule has 0 aliphatic heterocycles. The minimum Gasteiger partial charge on any atom is -0.330 e. The van der Waals surface area contributed by atoms with Crippen molar-refractivity contribution in [1.82, 2.24) is 19.8 Å². The number of hydrogen-bond donors (Lipinski definition) is 1. The smallest absolute Gasteiger partial charge is 0.126 e. The van der Waals surface area contributed by atoms with E-state index in [0.717, 1.165) is 17.9 Å². The number of rotatable bonds is 6. The van der Waals surface area contributed by atoms with Gasteiger partial charge in [0.1, 0.15) is 5.82 Å². The summed E-state index contributed by atoms with van der Waals surface area (Å²) in [6, 6.07) is 8.99. The number of likely N-dealkylation sites (N-methyl/N-ethyl adjacent to an activating group) is 1. The van der Waals surface area contributed by atoms with Gasteiger partial charge in [0.25, 0.3) is 0 Å². The zero-order valence-electron chi connectivity index (χ0n) is 14.1. The molecule has 0 aliphatic carbocycles. The molecule has 2 aromatic rings. The Bertz CT molecular complexity index is 585. The zero-order chi connectivity index (χ0) is 15.6. The molecule has 0 saturated heterocycles. The van der Waals surface area contributed by atoms with Gasteiger partial charge in [0.05, 0.1) is 17.1 Å². The molecule has 1 N–H and O–H groups in total. The molecule has 2 unspecified atom stereocenters. The molecule has 116 valence electrons. The summed E-state index contributed by atoms with van der Waals surface area (Å²) < 4.78 is 2.19. The SMILES string of the molecule is CC(NC(CN(C)C)C(C)C)c1nc2ccccc2n1C. The second-order valence-electron chi connectivity index (χ2n) is 6.52. The van der Waals surface area contributed by atoms with E-state index in [4.69, 9.17) is 4.98 Å². The Morgan fingerprint density at radius 2 is 1.86 bits per heavy atom. The molecule has 2 atom stereocenters. The second-order valence-corrected chi connectivity index (χ2v) is 6.52. The Morgan fingerprint density at radius 3 is 2.43 bits per heavy atom. The third-order valence-electron chi connectivity index (χ3n) is 4.04. The van der Waals surface area contributed by atoms with Crippen molar-refractivity contribution in [3.05, 3.63) is 30.1 Å². The molecule has 0 saturated carbocycles. The largest absolute Gasteiger partial charge is 0.330 e. The monoisotopic (exact) mass is 288 g/mol. The number of fused-ring (bicyclic) bond motifs is 1. The number of aromatic nitrogens is 2. The van der Waals surface area contributed by atoms with E-state index in [1.165, 1.54) is 5.52 Å². The van der Waals surface area contributed by atoms with Crippen molar-refractivity contribution >= 4 is 11.0 Å². The fraction of sp³-hybridized carbons (Fsp3) is 0.588. The lowest BCUT2D eigenvalue weighted by molar-refractivity contribution is 0.270. The van der Waals surface area contributed by atoms with Crippen LogP contribution in [0.25, 0.3) is 11.0 Å². The highest BCUT2D eigenvalue weighted by Gasteiger charge is 2.20. The molecule has 0 aliphatic rings. The number of nitrogens with zero attached hydrogens (tertiary/aromatic N) is 3. The van der Waals surface area contributed by atoms with E-state index in [-0.39, 0.29) is 6.04 Å². The van der Waals surface area contributed by atoms with Crippen molar-refractivity contribution in [3.63, 3.8) is 0 Å². The van der Waals surface area contributed by atoms with Crippen LogP contribution in [0.4, 0.5) is 0 Å². The van der Waals surface area contributed by atoms with Crippen molar-refractivity contribution in [2.24, 2.45) is 13.0 Å². The van der Waals surface area contributed by atoms with Crippen LogP contribution in [0.1, 0.15) is 32.6 Å². The molecule has 4 heteroatoms. The quantitative estimate of drug-likeness (QED) is 0.887. The highest BCUT2D eigenvalue weighted by Crippen LogP contribution is 2.20. The van der Waals surface area contributed by atoms with Crippen LogP contribution >= 0.6 is 0 Å². The van der Waals surface area contributed by atoms with Crippen LogP contribution in [0.15, 0.2) is 24.3 Å². The van der Waals surface area contributed by atoms with Crippen LogP contribution in [0.5, 0.6) is 0 Å². The van der Waals surface area contributed by atoms with Gasteiger partial charge in [-0.2, -0.15) is 0 Å². The molecule has 0 amide bonds. The number of hydrogen-bond acceptors (Lipinski definition) is 3. The Labute approximate surface area is 128 Å². The van der Waals surface area contributed by atoms with Gasteiger partial charge in [-0.25, -0.2) is 4.98 Å². The van der Waals surface area contributed by atoms with Crippen LogP contribution in [-0.4, -0.2) is 41.1 Å². The molecule has 1 heterocycles. The van der Waals surface area contributed by atoms with Gasteiger partial charge in [-0.1, -0.05) is 26.0 Å². The Hall–Kier alpha value is -1.39. The highest BCUT2D eigenvalue weighted by molar-refractivity contribution is 5.75. The maximum absolute atomic E-state index is 4.79. The van der Waals surface area contributed by atoms with Gasteiger partial charge in [0.15, 0.2) is 0 Å². The van der Waals surface area contributed by atoms with Crippen LogP contribution in [0.2, 0.25) is 0 Å². The van der Waals surface area contributed by atoms with E-state index in [1.807, 2.05) is 6.07 Å². The summed E-state index contributed by atoms with van der Waals surface area (Å²) in [6.07, 6.45) is 0. The van der Waals surface area contributed by atoms with E-state index in [1.54, 1.807) is 0 Å². The molecular weight excluding hydrogens is 260 g/mol. The summed E-state index contributed by atoms with van der Waals surface area (Å²) in [7, 11) is 6.34. The number of benzene rings is 1. The number of imidazole rings is 1. The van der Waals surface area contributed by atoms with Crippen LogP contribution in [0.3, 0.4) is 0 Å². The van der Waals surface area contributed by atoms with E-state index < -0.39 is 0 Å². The predicted octanol–water partition coefficient (Wildman–Crippen LogP) is 2.81. The molecule has 0 bridgehead atoms. The van der Waals surface area contributed by atoms with Crippen molar-refractivity contribution < 1.29 is 0 Å². The Balaban J connectivity index is 2.21. The molecule has 0 fully saturated rings. The second kappa shape index (κ2) is 6.58. The van der Waals surface area contributed by atoms with Crippen LogP contribution in [0, 0.1) is 5.92 Å². The molecule has 0 radical (unpaired) electrons. The number of aryl methyl sites for hydroxylation is 1. The zero-order valence-corrected chi connectivity index (χ0v) is 14.1. The summed E-state index contributed by atoms with van der Waals surface area (Å²) in [5.41, 5.74) is 2.26. The molecular formula is C17H28N4. The minimum atomic E-state index is 0.231. The normalized spacial score (nSPS) is 15.0. The van der Waals surface area contributed by atoms with Gasteiger partial charge in [-0.15, -0.1) is 0 Å². The molecule has 1 aromatic carbocycles.